The van der Waals surface area contributed by atoms with E-state index >= 15 is 0 Å². The summed E-state index contributed by atoms with van der Waals surface area (Å²) < 4.78 is 7.32. The summed E-state index contributed by atoms with van der Waals surface area (Å²) in [5, 5.41) is 0. The molecule has 0 bridgehead atoms. The lowest BCUT2D eigenvalue weighted by molar-refractivity contribution is -0.129. The molecule has 1 aliphatic rings. The van der Waals surface area contributed by atoms with Crippen LogP contribution in [0.3, 0.4) is 0 Å². The first-order valence-electron chi connectivity index (χ1n) is 10.0. The van der Waals surface area contributed by atoms with Gasteiger partial charge in [-0.25, -0.2) is 14.7 Å². The number of likely N-dealkylation sites (tertiary alicyclic amines) is 1. The van der Waals surface area contributed by atoms with Crippen molar-refractivity contribution in [2.24, 2.45) is 18.9 Å². The van der Waals surface area contributed by atoms with E-state index in [-0.39, 0.29) is 17.7 Å². The van der Waals surface area contributed by atoms with E-state index in [2.05, 4.69) is 11.9 Å². The summed E-state index contributed by atoms with van der Waals surface area (Å²) in [5.74, 6) is -0.0800. The Morgan fingerprint density at radius 2 is 1.96 bits per heavy atom. The molecule has 146 valence electrons. The van der Waals surface area contributed by atoms with Gasteiger partial charge in [0.05, 0.1) is 12.9 Å². The number of carbonyl (C=O) groups is 2. The number of carbonyl (C=O) groups excluding carboxylic acids is 2. The van der Waals surface area contributed by atoms with E-state index in [1.165, 1.54) is 30.6 Å². The van der Waals surface area contributed by atoms with Gasteiger partial charge in [0.2, 0.25) is 5.91 Å². The predicted molar refractivity (Wildman–Crippen MR) is 101 cm³/mol. The lowest BCUT2D eigenvalue weighted by atomic mass is 9.89. The number of aromatic nitrogens is 2. The van der Waals surface area contributed by atoms with Crippen molar-refractivity contribution in [3.05, 3.63) is 18.2 Å². The van der Waals surface area contributed by atoms with Crippen molar-refractivity contribution in [3.63, 3.8) is 0 Å². The average molecular weight is 364 g/mol. The van der Waals surface area contributed by atoms with Gasteiger partial charge in [-0.1, -0.05) is 46.0 Å². The molecule has 1 aromatic rings. The Hall–Kier alpha value is -1.85. The summed E-state index contributed by atoms with van der Waals surface area (Å²) in [7, 11) is 1.95. The molecule has 1 aromatic heterocycles. The van der Waals surface area contributed by atoms with E-state index in [0.29, 0.717) is 13.2 Å². The number of aryl methyl sites for hydroxylation is 1. The molecule has 6 nitrogen and oxygen atoms in total. The fourth-order valence-corrected chi connectivity index (χ4v) is 3.70. The van der Waals surface area contributed by atoms with Crippen LogP contribution in [0.1, 0.15) is 64.5 Å². The summed E-state index contributed by atoms with van der Waals surface area (Å²) >= 11 is 0. The number of amides is 2. The van der Waals surface area contributed by atoms with Crippen molar-refractivity contribution in [1.29, 1.82) is 0 Å². The van der Waals surface area contributed by atoms with Crippen LogP contribution in [-0.4, -0.2) is 39.6 Å². The van der Waals surface area contributed by atoms with Crippen LogP contribution in [0.5, 0.6) is 0 Å². The Morgan fingerprint density at radius 1 is 1.23 bits per heavy atom. The van der Waals surface area contributed by atoms with Crippen molar-refractivity contribution < 1.29 is 14.3 Å². The van der Waals surface area contributed by atoms with Gasteiger partial charge in [0, 0.05) is 31.4 Å². The number of rotatable bonds is 10. The van der Waals surface area contributed by atoms with Gasteiger partial charge in [-0.2, -0.15) is 0 Å². The predicted octanol–water partition coefficient (Wildman–Crippen LogP) is 3.94. The molecule has 2 rings (SSSR count). The minimum Gasteiger partial charge on any atom is -0.449 e. The van der Waals surface area contributed by atoms with Crippen molar-refractivity contribution in [1.82, 2.24) is 14.5 Å². The molecule has 2 unspecified atom stereocenters. The minimum atomic E-state index is -0.477. The number of ether oxygens (including phenoxy) is 1. The third-order valence-corrected chi connectivity index (χ3v) is 5.34. The van der Waals surface area contributed by atoms with Crippen LogP contribution in [0, 0.1) is 11.8 Å². The van der Waals surface area contributed by atoms with Crippen molar-refractivity contribution >= 4 is 12.0 Å². The second kappa shape index (κ2) is 10.3. The van der Waals surface area contributed by atoms with Crippen LogP contribution in [0.25, 0.3) is 0 Å². The number of unbranched alkanes of at least 4 members (excludes halogenated alkanes) is 5. The average Bonchev–Trinajstić information content (AvgIpc) is 3.17. The summed E-state index contributed by atoms with van der Waals surface area (Å²) in [4.78, 5) is 30.4. The summed E-state index contributed by atoms with van der Waals surface area (Å²) in [6.07, 6.45) is 11.5. The summed E-state index contributed by atoms with van der Waals surface area (Å²) in [5.41, 5.74) is 1.09. The zero-order valence-electron chi connectivity index (χ0n) is 16.4. The number of imide groups is 1. The fraction of sp³-hybridized carbons (Fsp3) is 0.750. The molecular formula is C20H33N3O3. The Kier molecular flexibility index (Phi) is 8.13. The Bertz CT molecular complexity index is 585. The molecule has 2 amide bonds. The maximum Gasteiger partial charge on any atom is 0.416 e. The number of nitrogens with zero attached hydrogens (tertiary/aromatic N) is 3. The molecule has 26 heavy (non-hydrogen) atoms. The highest BCUT2D eigenvalue weighted by Gasteiger charge is 2.42. The standard InChI is InChI=1S/C20H33N3O3/c1-4-6-7-8-9-10-11-26-20(25)23-14-16(18(5-2)19(23)24)12-17-13-21-15-22(17)3/h13,15-16,18H,4-12,14H2,1-3H3. The molecule has 1 saturated heterocycles. The van der Waals surface area contributed by atoms with Crippen LogP contribution in [0.2, 0.25) is 0 Å². The maximum atomic E-state index is 12.6. The van der Waals surface area contributed by atoms with Gasteiger partial charge in [0.15, 0.2) is 0 Å². The third-order valence-electron chi connectivity index (χ3n) is 5.34. The highest BCUT2D eigenvalue weighted by atomic mass is 16.6. The van der Waals surface area contributed by atoms with Gasteiger partial charge < -0.3 is 9.30 Å². The Morgan fingerprint density at radius 3 is 2.62 bits per heavy atom. The highest BCUT2D eigenvalue weighted by Crippen LogP contribution is 2.30. The zero-order chi connectivity index (χ0) is 18.9. The molecule has 0 saturated carbocycles. The number of imidazole rings is 1. The van der Waals surface area contributed by atoms with Crippen molar-refractivity contribution in [2.75, 3.05) is 13.2 Å². The van der Waals surface area contributed by atoms with Gasteiger partial charge in [0.1, 0.15) is 0 Å². The van der Waals surface area contributed by atoms with Crippen LogP contribution >= 0.6 is 0 Å². The van der Waals surface area contributed by atoms with E-state index in [0.717, 1.165) is 31.4 Å². The SMILES string of the molecule is CCCCCCCCOC(=O)N1CC(Cc2cncn2C)C(CC)C1=O. The lowest BCUT2D eigenvalue weighted by Gasteiger charge is -2.15. The molecule has 0 aliphatic carbocycles. The quantitative estimate of drug-likeness (QED) is 0.591. The van der Waals surface area contributed by atoms with Gasteiger partial charge >= 0.3 is 6.09 Å². The summed E-state index contributed by atoms with van der Waals surface area (Å²) in [6, 6.07) is 0. The van der Waals surface area contributed by atoms with Crippen molar-refractivity contribution in [3.8, 4) is 0 Å². The Labute approximate surface area is 156 Å². The molecule has 2 atom stereocenters. The first kappa shape index (κ1) is 20.5. The molecule has 2 heterocycles. The van der Waals surface area contributed by atoms with Gasteiger partial charge in [-0.3, -0.25) is 4.79 Å². The molecule has 0 N–H and O–H groups in total. The van der Waals surface area contributed by atoms with E-state index in [1.54, 1.807) is 6.33 Å². The normalized spacial score (nSPS) is 20.0. The van der Waals surface area contributed by atoms with Crippen molar-refractivity contribution in [2.45, 2.75) is 65.2 Å². The smallest absolute Gasteiger partial charge is 0.416 e. The van der Waals surface area contributed by atoms with Gasteiger partial charge in [0.25, 0.3) is 0 Å². The van der Waals surface area contributed by atoms with Crippen LogP contribution in [0.15, 0.2) is 12.5 Å². The first-order valence-corrected chi connectivity index (χ1v) is 10.0. The molecule has 1 aliphatic heterocycles. The fourth-order valence-electron chi connectivity index (χ4n) is 3.70. The second-order valence-corrected chi connectivity index (χ2v) is 7.31. The largest absolute Gasteiger partial charge is 0.449 e. The summed E-state index contributed by atoms with van der Waals surface area (Å²) in [6.45, 7) is 5.04. The molecule has 0 spiro atoms. The Balaban J connectivity index is 1.80. The van der Waals surface area contributed by atoms with E-state index in [9.17, 15) is 9.59 Å². The van der Waals surface area contributed by atoms with E-state index < -0.39 is 6.09 Å². The van der Waals surface area contributed by atoms with E-state index in [1.807, 2.05) is 24.7 Å². The zero-order valence-corrected chi connectivity index (χ0v) is 16.4. The van der Waals surface area contributed by atoms with Gasteiger partial charge in [-0.05, 0) is 25.2 Å². The molecule has 0 radical (unpaired) electrons. The highest BCUT2D eigenvalue weighted by molar-refractivity contribution is 5.95. The third kappa shape index (κ3) is 5.32. The number of hydrogen-bond acceptors (Lipinski definition) is 4. The first-order chi connectivity index (χ1) is 12.6. The molecular weight excluding hydrogens is 330 g/mol. The minimum absolute atomic E-state index is 0.0902. The van der Waals surface area contributed by atoms with Crippen LogP contribution in [-0.2, 0) is 23.0 Å². The topological polar surface area (TPSA) is 64.4 Å². The molecule has 0 aromatic carbocycles. The monoisotopic (exact) mass is 363 g/mol. The van der Waals surface area contributed by atoms with Crippen LogP contribution in [0.4, 0.5) is 4.79 Å². The van der Waals surface area contributed by atoms with Crippen LogP contribution < -0.4 is 0 Å². The lowest BCUT2D eigenvalue weighted by Crippen LogP contribution is -2.34. The van der Waals surface area contributed by atoms with Gasteiger partial charge in [-0.15, -0.1) is 0 Å². The maximum absolute atomic E-state index is 12.6. The molecule has 6 heteroatoms. The molecule has 1 fully saturated rings. The second-order valence-electron chi connectivity index (χ2n) is 7.31. The van der Waals surface area contributed by atoms with E-state index in [4.69, 9.17) is 4.74 Å². The number of hydrogen-bond donors (Lipinski definition) is 0.